The average molecular weight is 211 g/mol. The summed E-state index contributed by atoms with van der Waals surface area (Å²) in [6.45, 7) is 3.46. The van der Waals surface area contributed by atoms with Crippen LogP contribution in [0.1, 0.15) is 13.8 Å². The van der Waals surface area contributed by atoms with Crippen LogP contribution in [0.25, 0.3) is 0 Å². The SMILES string of the molecule is CC(C)OC(=O)Nc1ccc(O)c(O)c1. The minimum atomic E-state index is -0.602. The van der Waals surface area contributed by atoms with Crippen LogP contribution in [0.2, 0.25) is 0 Å². The first-order chi connectivity index (χ1) is 6.99. The van der Waals surface area contributed by atoms with Gasteiger partial charge in [0, 0.05) is 11.8 Å². The minimum Gasteiger partial charge on any atom is -0.504 e. The number of ether oxygens (including phenoxy) is 1. The number of nitrogens with one attached hydrogen (secondary N) is 1. The van der Waals surface area contributed by atoms with Gasteiger partial charge in [0.15, 0.2) is 11.5 Å². The standard InChI is InChI=1S/C10H13NO4/c1-6(2)15-10(14)11-7-3-4-8(12)9(13)5-7/h3-6,12-13H,1-2H3,(H,11,14). The Morgan fingerprint density at radius 1 is 1.33 bits per heavy atom. The zero-order valence-electron chi connectivity index (χ0n) is 8.52. The molecule has 5 heteroatoms. The van der Waals surface area contributed by atoms with Gasteiger partial charge < -0.3 is 14.9 Å². The summed E-state index contributed by atoms with van der Waals surface area (Å²) in [6.07, 6.45) is -0.814. The van der Waals surface area contributed by atoms with Crippen LogP contribution >= 0.6 is 0 Å². The van der Waals surface area contributed by atoms with Gasteiger partial charge in [-0.3, -0.25) is 5.32 Å². The van der Waals surface area contributed by atoms with Gasteiger partial charge in [-0.1, -0.05) is 0 Å². The molecule has 0 aromatic heterocycles. The summed E-state index contributed by atoms with van der Waals surface area (Å²) in [5, 5.41) is 20.6. The maximum atomic E-state index is 11.1. The van der Waals surface area contributed by atoms with Crippen LogP contribution < -0.4 is 5.32 Å². The molecule has 0 aliphatic heterocycles. The van der Waals surface area contributed by atoms with Crippen molar-refractivity contribution in [3.8, 4) is 11.5 Å². The molecule has 0 aliphatic carbocycles. The number of carbonyl (C=O) groups is 1. The molecule has 0 unspecified atom stereocenters. The van der Waals surface area contributed by atoms with E-state index in [0.29, 0.717) is 5.69 Å². The number of hydrogen-bond donors (Lipinski definition) is 3. The molecule has 0 aliphatic rings. The summed E-state index contributed by atoms with van der Waals surface area (Å²) in [4.78, 5) is 11.1. The second-order valence-corrected chi connectivity index (χ2v) is 3.28. The molecule has 1 aromatic rings. The molecule has 1 amide bonds. The van der Waals surface area contributed by atoms with Gasteiger partial charge in [-0.25, -0.2) is 4.79 Å². The fourth-order valence-electron chi connectivity index (χ4n) is 0.963. The summed E-state index contributed by atoms with van der Waals surface area (Å²) >= 11 is 0. The Labute approximate surface area is 87.3 Å². The predicted molar refractivity (Wildman–Crippen MR) is 55.0 cm³/mol. The molecule has 1 aromatic carbocycles. The molecular weight excluding hydrogens is 198 g/mol. The highest BCUT2D eigenvalue weighted by molar-refractivity contribution is 5.85. The van der Waals surface area contributed by atoms with Crippen molar-refractivity contribution in [2.24, 2.45) is 0 Å². The van der Waals surface area contributed by atoms with E-state index in [1.165, 1.54) is 18.2 Å². The highest BCUT2D eigenvalue weighted by Gasteiger charge is 2.07. The molecule has 15 heavy (non-hydrogen) atoms. The molecule has 0 fully saturated rings. The summed E-state index contributed by atoms with van der Waals surface area (Å²) in [7, 11) is 0. The molecule has 82 valence electrons. The van der Waals surface area contributed by atoms with Crippen molar-refractivity contribution < 1.29 is 19.7 Å². The lowest BCUT2D eigenvalue weighted by Gasteiger charge is -2.09. The maximum absolute atomic E-state index is 11.1. The fraction of sp³-hybridized carbons (Fsp3) is 0.300. The Kier molecular flexibility index (Phi) is 3.38. The van der Waals surface area contributed by atoms with Crippen molar-refractivity contribution in [1.82, 2.24) is 0 Å². The summed E-state index contributed by atoms with van der Waals surface area (Å²) in [5.74, 6) is -0.532. The van der Waals surface area contributed by atoms with Crippen LogP contribution in [0.15, 0.2) is 18.2 Å². The van der Waals surface area contributed by atoms with E-state index in [9.17, 15) is 4.79 Å². The van der Waals surface area contributed by atoms with E-state index in [1.54, 1.807) is 13.8 Å². The monoisotopic (exact) mass is 211 g/mol. The maximum Gasteiger partial charge on any atom is 0.411 e. The van der Waals surface area contributed by atoms with Gasteiger partial charge in [-0.15, -0.1) is 0 Å². The third kappa shape index (κ3) is 3.38. The van der Waals surface area contributed by atoms with E-state index in [2.05, 4.69) is 5.32 Å². The average Bonchev–Trinajstić information content (AvgIpc) is 2.10. The Bertz CT molecular complexity index is 362. The second-order valence-electron chi connectivity index (χ2n) is 3.28. The van der Waals surface area contributed by atoms with Crippen molar-refractivity contribution in [2.75, 3.05) is 5.32 Å². The topological polar surface area (TPSA) is 78.8 Å². The summed E-state index contributed by atoms with van der Waals surface area (Å²) in [5.41, 5.74) is 0.357. The van der Waals surface area contributed by atoms with Crippen LogP contribution in [0.4, 0.5) is 10.5 Å². The molecule has 0 spiro atoms. The lowest BCUT2D eigenvalue weighted by atomic mass is 10.3. The van der Waals surface area contributed by atoms with Crippen molar-refractivity contribution in [1.29, 1.82) is 0 Å². The first kappa shape index (κ1) is 11.2. The Morgan fingerprint density at radius 3 is 2.53 bits per heavy atom. The summed E-state index contributed by atoms with van der Waals surface area (Å²) < 4.78 is 4.83. The van der Waals surface area contributed by atoms with E-state index >= 15 is 0 Å². The van der Waals surface area contributed by atoms with E-state index in [4.69, 9.17) is 14.9 Å². The molecule has 0 atom stereocenters. The number of aromatic hydroxyl groups is 2. The molecule has 0 saturated carbocycles. The minimum absolute atomic E-state index is 0.212. The molecule has 0 heterocycles. The zero-order chi connectivity index (χ0) is 11.4. The number of hydrogen-bond acceptors (Lipinski definition) is 4. The molecule has 3 N–H and O–H groups in total. The number of phenolic OH excluding ortho intramolecular Hbond substituents is 2. The van der Waals surface area contributed by atoms with Crippen molar-refractivity contribution in [3.05, 3.63) is 18.2 Å². The number of benzene rings is 1. The molecule has 0 saturated heterocycles. The van der Waals surface area contributed by atoms with Crippen LogP contribution in [0.5, 0.6) is 11.5 Å². The van der Waals surface area contributed by atoms with Crippen molar-refractivity contribution in [3.63, 3.8) is 0 Å². The van der Waals surface area contributed by atoms with Crippen molar-refractivity contribution in [2.45, 2.75) is 20.0 Å². The molecule has 5 nitrogen and oxygen atoms in total. The van der Waals surface area contributed by atoms with E-state index < -0.39 is 6.09 Å². The van der Waals surface area contributed by atoms with Gasteiger partial charge in [0.25, 0.3) is 0 Å². The Balaban J connectivity index is 2.65. The first-order valence-electron chi connectivity index (χ1n) is 4.48. The molecule has 0 radical (unpaired) electrons. The smallest absolute Gasteiger partial charge is 0.411 e. The van der Waals surface area contributed by atoms with Gasteiger partial charge in [0.05, 0.1) is 6.10 Å². The van der Waals surface area contributed by atoms with Gasteiger partial charge in [0.2, 0.25) is 0 Å². The number of anilines is 1. The Hall–Kier alpha value is -1.91. The largest absolute Gasteiger partial charge is 0.504 e. The number of phenols is 2. The summed E-state index contributed by atoms with van der Waals surface area (Å²) in [6, 6.07) is 3.97. The lowest BCUT2D eigenvalue weighted by Crippen LogP contribution is -2.17. The van der Waals surface area contributed by atoms with Gasteiger partial charge in [0.1, 0.15) is 0 Å². The van der Waals surface area contributed by atoms with Crippen LogP contribution in [0, 0.1) is 0 Å². The molecule has 0 bridgehead atoms. The number of amides is 1. The van der Waals surface area contributed by atoms with Crippen LogP contribution in [0.3, 0.4) is 0 Å². The highest BCUT2D eigenvalue weighted by atomic mass is 16.6. The molecular formula is C10H13NO4. The van der Waals surface area contributed by atoms with E-state index in [-0.39, 0.29) is 17.6 Å². The predicted octanol–water partition coefficient (Wildman–Crippen LogP) is 2.05. The lowest BCUT2D eigenvalue weighted by molar-refractivity contribution is 0.130. The Morgan fingerprint density at radius 2 is 2.00 bits per heavy atom. The highest BCUT2D eigenvalue weighted by Crippen LogP contribution is 2.27. The van der Waals surface area contributed by atoms with Crippen molar-refractivity contribution >= 4 is 11.8 Å². The first-order valence-corrected chi connectivity index (χ1v) is 4.48. The fourth-order valence-corrected chi connectivity index (χ4v) is 0.963. The number of rotatable bonds is 2. The van der Waals surface area contributed by atoms with Gasteiger partial charge in [-0.2, -0.15) is 0 Å². The van der Waals surface area contributed by atoms with Crippen LogP contribution in [-0.2, 0) is 4.74 Å². The third-order valence-electron chi connectivity index (χ3n) is 1.56. The van der Waals surface area contributed by atoms with Gasteiger partial charge >= 0.3 is 6.09 Å². The third-order valence-corrected chi connectivity index (χ3v) is 1.56. The van der Waals surface area contributed by atoms with E-state index in [0.717, 1.165) is 0 Å². The normalized spacial score (nSPS) is 10.1. The number of carbonyl (C=O) groups excluding carboxylic acids is 1. The van der Waals surface area contributed by atoms with Gasteiger partial charge in [-0.05, 0) is 26.0 Å². The molecule has 1 rings (SSSR count). The second kappa shape index (κ2) is 4.54. The van der Waals surface area contributed by atoms with E-state index in [1.807, 2.05) is 0 Å². The zero-order valence-corrected chi connectivity index (χ0v) is 8.52. The van der Waals surface area contributed by atoms with Crippen LogP contribution in [-0.4, -0.2) is 22.4 Å². The quantitative estimate of drug-likeness (QED) is 0.516.